The number of sulfone groups is 1. The summed E-state index contributed by atoms with van der Waals surface area (Å²) in [7, 11) is -7.25. The Morgan fingerprint density at radius 1 is 1.35 bits per heavy atom. The molecule has 9 heteroatoms. The number of halogens is 1. The van der Waals surface area contributed by atoms with Gasteiger partial charge in [0.2, 0.25) is 10.0 Å². The summed E-state index contributed by atoms with van der Waals surface area (Å²) >= 11 is 5.80. The van der Waals surface area contributed by atoms with Gasteiger partial charge in [0, 0.05) is 6.26 Å². The smallest absolute Gasteiger partial charge is 0.244 e. The van der Waals surface area contributed by atoms with Crippen LogP contribution >= 0.6 is 11.6 Å². The van der Waals surface area contributed by atoms with Crippen molar-refractivity contribution in [3.8, 4) is 0 Å². The zero-order valence-corrected chi connectivity index (χ0v) is 11.1. The van der Waals surface area contributed by atoms with Gasteiger partial charge in [0.1, 0.15) is 4.90 Å². The molecule has 2 N–H and O–H groups in total. The van der Waals surface area contributed by atoms with Crippen LogP contribution in [0.25, 0.3) is 0 Å². The zero-order chi connectivity index (χ0) is 12.8. The number of hydrogen-bond acceptors (Lipinski definition) is 5. The van der Waals surface area contributed by atoms with Gasteiger partial charge in [-0.2, -0.15) is 4.72 Å². The molecule has 0 aliphatic carbocycles. The Morgan fingerprint density at radius 2 is 2.00 bits per heavy atom. The van der Waals surface area contributed by atoms with Crippen LogP contribution in [0.2, 0.25) is 5.02 Å². The summed E-state index contributed by atoms with van der Waals surface area (Å²) < 4.78 is 48.4. The van der Waals surface area contributed by atoms with Crippen LogP contribution in [0.5, 0.6) is 0 Å². The van der Waals surface area contributed by atoms with E-state index in [4.69, 9.17) is 11.6 Å². The van der Waals surface area contributed by atoms with Gasteiger partial charge in [-0.25, -0.2) is 16.8 Å². The Hall–Kier alpha value is -0.830. The second kappa shape index (κ2) is 3.84. The third-order valence-electron chi connectivity index (χ3n) is 2.26. The highest BCUT2D eigenvalue weighted by Gasteiger charge is 2.26. The maximum atomic E-state index is 11.7. The van der Waals surface area contributed by atoms with Crippen molar-refractivity contribution in [1.82, 2.24) is 4.72 Å². The van der Waals surface area contributed by atoms with E-state index in [9.17, 15) is 16.8 Å². The molecule has 0 saturated heterocycles. The summed E-state index contributed by atoms with van der Waals surface area (Å²) in [6.07, 6.45) is 0.969. The highest BCUT2D eigenvalue weighted by Crippen LogP contribution is 2.32. The van der Waals surface area contributed by atoms with Crippen LogP contribution in [0.4, 0.5) is 5.69 Å². The standard InChI is InChI=1S/C8H9ClN2O4S2/c1-16(12,13)7-3-8-6(2-5(7)9)10-4-11-17(8,14)15/h2-3,10-11H,4H2,1H3. The Bertz CT molecular complexity index is 682. The number of hydrogen-bond donors (Lipinski definition) is 2. The lowest BCUT2D eigenvalue weighted by molar-refractivity contribution is 0.581. The van der Waals surface area contributed by atoms with Crippen molar-refractivity contribution in [2.24, 2.45) is 0 Å². The largest absolute Gasteiger partial charge is 0.370 e. The number of rotatable bonds is 1. The molecule has 0 fully saturated rings. The zero-order valence-electron chi connectivity index (χ0n) is 8.69. The van der Waals surface area contributed by atoms with Gasteiger partial charge in [-0.1, -0.05) is 11.6 Å². The minimum Gasteiger partial charge on any atom is -0.370 e. The Balaban J connectivity index is 2.79. The van der Waals surface area contributed by atoms with Crippen molar-refractivity contribution in [1.29, 1.82) is 0 Å². The third-order valence-corrected chi connectivity index (χ3v) is 5.27. The molecule has 0 aromatic heterocycles. The third kappa shape index (κ3) is 2.25. The lowest BCUT2D eigenvalue weighted by Gasteiger charge is -2.20. The van der Waals surface area contributed by atoms with E-state index >= 15 is 0 Å². The number of sulfonamides is 1. The number of anilines is 1. The monoisotopic (exact) mass is 296 g/mol. The van der Waals surface area contributed by atoms with E-state index in [0.29, 0.717) is 5.69 Å². The average Bonchev–Trinajstić information content (AvgIpc) is 2.13. The van der Waals surface area contributed by atoms with Crippen LogP contribution in [0.1, 0.15) is 0 Å². The van der Waals surface area contributed by atoms with Gasteiger partial charge in [-0.15, -0.1) is 0 Å². The minimum absolute atomic E-state index is 0.00384. The Labute approximate surface area is 104 Å². The summed E-state index contributed by atoms with van der Waals surface area (Å²) in [6, 6.07) is 2.35. The predicted molar refractivity (Wildman–Crippen MR) is 63.4 cm³/mol. The number of benzene rings is 1. The fourth-order valence-corrected chi connectivity index (χ4v) is 4.00. The maximum Gasteiger partial charge on any atom is 0.244 e. The number of fused-ring (bicyclic) bond motifs is 1. The minimum atomic E-state index is -3.68. The lowest BCUT2D eigenvalue weighted by atomic mass is 10.3. The molecular weight excluding hydrogens is 288 g/mol. The van der Waals surface area contributed by atoms with Gasteiger partial charge >= 0.3 is 0 Å². The first-order valence-corrected chi connectivity index (χ1v) is 8.24. The molecule has 1 heterocycles. The molecule has 0 atom stereocenters. The van der Waals surface area contributed by atoms with Crippen molar-refractivity contribution in [2.45, 2.75) is 9.79 Å². The van der Waals surface area contributed by atoms with Gasteiger partial charge in [0.15, 0.2) is 9.84 Å². The summed E-state index contributed by atoms with van der Waals surface area (Å²) in [4.78, 5) is -0.319. The van der Waals surface area contributed by atoms with E-state index < -0.39 is 19.9 Å². The number of nitrogens with one attached hydrogen (secondary N) is 2. The molecule has 1 aromatic carbocycles. The topological polar surface area (TPSA) is 92.3 Å². The molecule has 0 unspecified atom stereocenters. The van der Waals surface area contributed by atoms with Gasteiger partial charge < -0.3 is 5.32 Å². The molecule has 1 aliphatic heterocycles. The molecule has 94 valence electrons. The van der Waals surface area contributed by atoms with E-state index in [1.165, 1.54) is 6.07 Å². The van der Waals surface area contributed by atoms with Crippen LogP contribution in [0.3, 0.4) is 0 Å². The quantitative estimate of drug-likeness (QED) is 0.783. The molecule has 1 aromatic rings. The fraction of sp³-hybridized carbons (Fsp3) is 0.250. The molecule has 1 aliphatic rings. The average molecular weight is 297 g/mol. The SMILES string of the molecule is CS(=O)(=O)c1cc2c(cc1Cl)NCNS2(=O)=O. The molecular formula is C8H9ClN2O4S2. The van der Waals surface area contributed by atoms with E-state index in [1.54, 1.807) is 0 Å². The Morgan fingerprint density at radius 3 is 2.59 bits per heavy atom. The lowest BCUT2D eigenvalue weighted by Crippen LogP contribution is -2.34. The van der Waals surface area contributed by atoms with Crippen LogP contribution < -0.4 is 10.0 Å². The highest BCUT2D eigenvalue weighted by molar-refractivity contribution is 7.91. The van der Waals surface area contributed by atoms with Crippen molar-refractivity contribution in [3.05, 3.63) is 17.2 Å². The molecule has 0 amide bonds. The molecule has 0 saturated carbocycles. The highest BCUT2D eigenvalue weighted by atomic mass is 35.5. The molecule has 0 spiro atoms. The van der Waals surface area contributed by atoms with Gasteiger partial charge in [-0.05, 0) is 12.1 Å². The van der Waals surface area contributed by atoms with E-state index in [-0.39, 0.29) is 21.5 Å². The van der Waals surface area contributed by atoms with Crippen molar-refractivity contribution >= 4 is 37.1 Å². The molecule has 2 rings (SSSR count). The molecule has 17 heavy (non-hydrogen) atoms. The summed E-state index contributed by atoms with van der Waals surface area (Å²) in [6.45, 7) is 0.0455. The van der Waals surface area contributed by atoms with Crippen molar-refractivity contribution < 1.29 is 16.8 Å². The first kappa shape index (κ1) is 12.6. The maximum absolute atomic E-state index is 11.7. The van der Waals surface area contributed by atoms with Gasteiger partial charge in [0.25, 0.3) is 0 Å². The first-order chi connectivity index (χ1) is 7.72. The van der Waals surface area contributed by atoms with E-state index in [2.05, 4.69) is 10.0 Å². The van der Waals surface area contributed by atoms with Crippen LogP contribution in [-0.4, -0.2) is 29.8 Å². The molecule has 6 nitrogen and oxygen atoms in total. The van der Waals surface area contributed by atoms with Crippen molar-refractivity contribution in [3.63, 3.8) is 0 Å². The second-order valence-electron chi connectivity index (χ2n) is 3.55. The van der Waals surface area contributed by atoms with E-state index in [1.807, 2.05) is 0 Å². The summed E-state index contributed by atoms with van der Waals surface area (Å²) in [5.41, 5.74) is 0.293. The van der Waals surface area contributed by atoms with Crippen molar-refractivity contribution in [2.75, 3.05) is 18.2 Å². The molecule has 0 bridgehead atoms. The predicted octanol–water partition coefficient (Wildman–Crippen LogP) is 0.405. The second-order valence-corrected chi connectivity index (χ2v) is 7.68. The van der Waals surface area contributed by atoms with Gasteiger partial charge in [-0.3, -0.25) is 0 Å². The van der Waals surface area contributed by atoms with E-state index in [0.717, 1.165) is 12.3 Å². The first-order valence-electron chi connectivity index (χ1n) is 4.49. The molecule has 0 radical (unpaired) electrons. The van der Waals surface area contributed by atoms with Crippen LogP contribution in [0, 0.1) is 0 Å². The van der Waals surface area contributed by atoms with Crippen LogP contribution in [0.15, 0.2) is 21.9 Å². The Kier molecular flexibility index (Phi) is 2.85. The summed E-state index contributed by atoms with van der Waals surface area (Å²) in [5, 5.41) is 2.76. The summed E-state index contributed by atoms with van der Waals surface area (Å²) in [5.74, 6) is 0. The normalized spacial score (nSPS) is 18.2. The van der Waals surface area contributed by atoms with Gasteiger partial charge in [0.05, 0.1) is 22.3 Å². The fourth-order valence-electron chi connectivity index (χ4n) is 1.48. The van der Waals surface area contributed by atoms with Crippen LogP contribution in [-0.2, 0) is 19.9 Å².